The molecule has 0 bridgehead atoms. The smallest absolute Gasteiger partial charge is 0.248 e. The number of nitrogens with one attached hydrogen (secondary N) is 2. The highest BCUT2D eigenvalue weighted by Gasteiger charge is 2.23. The van der Waals surface area contributed by atoms with E-state index < -0.39 is 0 Å². The Morgan fingerprint density at radius 3 is 2.89 bits per heavy atom. The summed E-state index contributed by atoms with van der Waals surface area (Å²) in [5.41, 5.74) is 2.26. The number of rotatable bonds is 9. The lowest BCUT2D eigenvalue weighted by molar-refractivity contribution is -0.117. The van der Waals surface area contributed by atoms with Crippen molar-refractivity contribution in [2.75, 3.05) is 44.3 Å². The lowest BCUT2D eigenvalue weighted by Crippen LogP contribution is -2.39. The Kier molecular flexibility index (Phi) is 9.33. The van der Waals surface area contributed by atoms with E-state index in [1.807, 2.05) is 30.0 Å². The van der Waals surface area contributed by atoms with Gasteiger partial charge in [0.15, 0.2) is 5.96 Å². The molecule has 1 aromatic rings. The standard InChI is InChI=1S/C20H30N4O2.HI/c1-2-21-20(22-11-5-13-26-15-16-8-9-16)23-14-19(25)24-12-10-17-6-3-4-7-18(17)24;/h3-4,6-7,16H,2,5,8-15H2,1H3,(H2,21,22,23);1H. The number of para-hydroxylation sites is 1. The van der Waals surface area contributed by atoms with E-state index in [2.05, 4.69) is 21.7 Å². The molecule has 150 valence electrons. The lowest BCUT2D eigenvalue weighted by Gasteiger charge is -2.17. The molecular formula is C20H31IN4O2. The monoisotopic (exact) mass is 486 g/mol. The Morgan fingerprint density at radius 1 is 1.30 bits per heavy atom. The zero-order valence-electron chi connectivity index (χ0n) is 16.1. The fourth-order valence-electron chi connectivity index (χ4n) is 3.09. The second-order valence-corrected chi connectivity index (χ2v) is 6.92. The van der Waals surface area contributed by atoms with Crippen LogP contribution in [0.25, 0.3) is 0 Å². The summed E-state index contributed by atoms with van der Waals surface area (Å²) in [6, 6.07) is 8.09. The van der Waals surface area contributed by atoms with E-state index in [9.17, 15) is 4.79 Å². The number of carbonyl (C=O) groups excluding carboxylic acids is 1. The van der Waals surface area contributed by atoms with Gasteiger partial charge in [0.2, 0.25) is 5.91 Å². The van der Waals surface area contributed by atoms with Crippen LogP contribution in [0.3, 0.4) is 0 Å². The molecule has 0 unspecified atom stereocenters. The summed E-state index contributed by atoms with van der Waals surface area (Å²) in [6.45, 7) is 6.15. The molecule has 1 aromatic carbocycles. The van der Waals surface area contributed by atoms with Crippen LogP contribution in [0.2, 0.25) is 0 Å². The predicted octanol–water partition coefficient (Wildman–Crippen LogP) is 2.57. The Hall–Kier alpha value is -1.35. The Bertz CT molecular complexity index is 634. The van der Waals surface area contributed by atoms with Gasteiger partial charge in [-0.1, -0.05) is 18.2 Å². The van der Waals surface area contributed by atoms with E-state index in [0.29, 0.717) is 5.96 Å². The van der Waals surface area contributed by atoms with Gasteiger partial charge >= 0.3 is 0 Å². The number of nitrogens with zero attached hydrogens (tertiary/aromatic N) is 2. The van der Waals surface area contributed by atoms with Gasteiger partial charge in [0.05, 0.1) is 0 Å². The molecule has 3 rings (SSSR count). The maximum absolute atomic E-state index is 12.5. The Morgan fingerprint density at radius 2 is 2.11 bits per heavy atom. The van der Waals surface area contributed by atoms with Crippen LogP contribution < -0.4 is 15.5 Å². The Labute approximate surface area is 179 Å². The minimum absolute atomic E-state index is 0. The van der Waals surface area contributed by atoms with Gasteiger partial charge in [0.25, 0.3) is 0 Å². The van der Waals surface area contributed by atoms with Crippen LogP contribution in [-0.2, 0) is 16.0 Å². The molecule has 0 atom stereocenters. The number of hydrogen-bond donors (Lipinski definition) is 2. The summed E-state index contributed by atoms with van der Waals surface area (Å²) in [4.78, 5) is 18.8. The quantitative estimate of drug-likeness (QED) is 0.244. The van der Waals surface area contributed by atoms with Gasteiger partial charge in [-0.3, -0.25) is 4.79 Å². The third-order valence-electron chi connectivity index (χ3n) is 4.71. The van der Waals surface area contributed by atoms with E-state index in [4.69, 9.17) is 4.74 Å². The van der Waals surface area contributed by atoms with Crippen molar-refractivity contribution >= 4 is 41.5 Å². The third-order valence-corrected chi connectivity index (χ3v) is 4.71. The number of ether oxygens (including phenoxy) is 1. The SMILES string of the molecule is CCNC(=NCC(=O)N1CCc2ccccc21)NCCCOCC1CC1.I. The van der Waals surface area contributed by atoms with Gasteiger partial charge in [-0.25, -0.2) is 4.99 Å². The van der Waals surface area contributed by atoms with E-state index in [1.165, 1.54) is 18.4 Å². The molecule has 1 fully saturated rings. The van der Waals surface area contributed by atoms with E-state index in [0.717, 1.165) is 57.3 Å². The maximum Gasteiger partial charge on any atom is 0.248 e. The molecule has 0 radical (unpaired) electrons. The molecule has 27 heavy (non-hydrogen) atoms. The molecule has 0 saturated heterocycles. The van der Waals surface area contributed by atoms with Gasteiger partial charge in [0, 0.05) is 38.5 Å². The Balaban J connectivity index is 0.00000261. The summed E-state index contributed by atoms with van der Waals surface area (Å²) in [7, 11) is 0. The van der Waals surface area contributed by atoms with Crippen LogP contribution >= 0.6 is 24.0 Å². The summed E-state index contributed by atoms with van der Waals surface area (Å²) < 4.78 is 5.64. The van der Waals surface area contributed by atoms with Crippen molar-refractivity contribution in [3.63, 3.8) is 0 Å². The van der Waals surface area contributed by atoms with Crippen LogP contribution in [0.1, 0.15) is 31.7 Å². The number of amides is 1. The normalized spacial score (nSPS) is 15.9. The fourth-order valence-corrected chi connectivity index (χ4v) is 3.09. The van der Waals surface area contributed by atoms with Gasteiger partial charge in [-0.15, -0.1) is 24.0 Å². The van der Waals surface area contributed by atoms with Gasteiger partial charge in [-0.05, 0) is 50.2 Å². The second-order valence-electron chi connectivity index (χ2n) is 6.92. The van der Waals surface area contributed by atoms with Gasteiger partial charge < -0.3 is 20.3 Å². The van der Waals surface area contributed by atoms with Crippen LogP contribution in [0.5, 0.6) is 0 Å². The molecule has 1 saturated carbocycles. The third kappa shape index (κ3) is 6.95. The zero-order chi connectivity index (χ0) is 18.2. The average molecular weight is 486 g/mol. The zero-order valence-corrected chi connectivity index (χ0v) is 18.4. The van der Waals surface area contributed by atoms with Gasteiger partial charge in [0.1, 0.15) is 6.54 Å². The largest absolute Gasteiger partial charge is 0.381 e. The highest BCUT2D eigenvalue weighted by atomic mass is 127. The average Bonchev–Trinajstić information content (AvgIpc) is 3.38. The minimum atomic E-state index is 0. The van der Waals surface area contributed by atoms with Crippen LogP contribution in [0.15, 0.2) is 29.3 Å². The maximum atomic E-state index is 12.5. The number of anilines is 1. The first kappa shape index (κ1) is 21.9. The number of guanidine groups is 1. The van der Waals surface area contributed by atoms with Gasteiger partial charge in [-0.2, -0.15) is 0 Å². The highest BCUT2D eigenvalue weighted by molar-refractivity contribution is 14.0. The molecule has 2 aliphatic rings. The van der Waals surface area contributed by atoms with E-state index in [-0.39, 0.29) is 36.4 Å². The number of hydrogen-bond acceptors (Lipinski definition) is 3. The summed E-state index contributed by atoms with van der Waals surface area (Å²) in [6.07, 6.45) is 4.51. The first-order valence-electron chi connectivity index (χ1n) is 9.76. The lowest BCUT2D eigenvalue weighted by atomic mass is 10.2. The highest BCUT2D eigenvalue weighted by Crippen LogP contribution is 2.28. The van der Waals surface area contributed by atoms with Crippen molar-refractivity contribution in [1.29, 1.82) is 0 Å². The first-order chi connectivity index (χ1) is 12.8. The summed E-state index contributed by atoms with van der Waals surface area (Å²) in [5.74, 6) is 1.54. The van der Waals surface area contributed by atoms with Crippen molar-refractivity contribution in [3.8, 4) is 0 Å². The molecule has 1 aliphatic heterocycles. The molecule has 7 heteroatoms. The molecule has 1 aliphatic carbocycles. The summed E-state index contributed by atoms with van der Waals surface area (Å²) >= 11 is 0. The molecule has 1 heterocycles. The second kappa shape index (κ2) is 11.5. The number of fused-ring (bicyclic) bond motifs is 1. The van der Waals surface area contributed by atoms with Crippen molar-refractivity contribution in [1.82, 2.24) is 10.6 Å². The predicted molar refractivity (Wildman–Crippen MR) is 120 cm³/mol. The minimum Gasteiger partial charge on any atom is -0.381 e. The topological polar surface area (TPSA) is 66.0 Å². The van der Waals surface area contributed by atoms with Crippen LogP contribution in [0.4, 0.5) is 5.69 Å². The molecular weight excluding hydrogens is 455 g/mol. The van der Waals surface area contributed by atoms with E-state index in [1.54, 1.807) is 0 Å². The van der Waals surface area contributed by atoms with Crippen molar-refractivity contribution in [2.45, 2.75) is 32.6 Å². The number of carbonyl (C=O) groups is 1. The van der Waals surface area contributed by atoms with Crippen molar-refractivity contribution in [2.24, 2.45) is 10.9 Å². The molecule has 0 aromatic heterocycles. The van der Waals surface area contributed by atoms with Crippen molar-refractivity contribution in [3.05, 3.63) is 29.8 Å². The van der Waals surface area contributed by atoms with Crippen molar-refractivity contribution < 1.29 is 9.53 Å². The molecule has 2 N–H and O–H groups in total. The summed E-state index contributed by atoms with van der Waals surface area (Å²) in [5, 5.41) is 6.47. The number of benzene rings is 1. The van der Waals surface area contributed by atoms with E-state index >= 15 is 0 Å². The first-order valence-corrected chi connectivity index (χ1v) is 9.76. The number of aliphatic imine (C=N–C) groups is 1. The number of halogens is 1. The fraction of sp³-hybridized carbons (Fsp3) is 0.600. The molecule has 1 amide bonds. The van der Waals surface area contributed by atoms with Crippen LogP contribution in [-0.4, -0.2) is 51.3 Å². The van der Waals surface area contributed by atoms with Crippen LogP contribution in [0, 0.1) is 5.92 Å². The molecule has 0 spiro atoms. The molecule has 6 nitrogen and oxygen atoms in total.